The summed E-state index contributed by atoms with van der Waals surface area (Å²) < 4.78 is 7.46. The molecule has 0 saturated heterocycles. The first-order valence-corrected chi connectivity index (χ1v) is 21.6. The van der Waals surface area contributed by atoms with E-state index in [-0.39, 0.29) is 0 Å². The first kappa shape index (κ1) is 31.9. The molecule has 0 unspecified atom stereocenters. The second-order valence-corrected chi connectivity index (χ2v) is 17.7. The Kier molecular flexibility index (Phi) is 6.32. The molecular weight excluding hydrogens is 755 g/mol. The van der Waals surface area contributed by atoms with Crippen LogP contribution < -0.4 is 0 Å². The quantitative estimate of drug-likeness (QED) is 0.164. The minimum atomic E-state index is 0.679. The summed E-state index contributed by atoms with van der Waals surface area (Å²) >= 11 is 3.73. The van der Waals surface area contributed by atoms with Gasteiger partial charge in [0.05, 0.1) is 26.9 Å². The highest BCUT2D eigenvalue weighted by Crippen LogP contribution is 2.50. The highest BCUT2D eigenvalue weighted by molar-refractivity contribution is 7.27. The van der Waals surface area contributed by atoms with E-state index in [0.29, 0.717) is 5.95 Å². The van der Waals surface area contributed by atoms with Gasteiger partial charge in [0, 0.05) is 68.1 Å². The number of benzene rings is 10. The maximum absolute atomic E-state index is 5.81. The summed E-state index contributed by atoms with van der Waals surface area (Å²) in [5, 5.41) is 18.3. The van der Waals surface area contributed by atoms with E-state index in [1.165, 1.54) is 83.4 Å². The summed E-state index contributed by atoms with van der Waals surface area (Å²) in [5.41, 5.74) is 5.31. The van der Waals surface area contributed by atoms with Crippen LogP contribution in [0.25, 0.3) is 133 Å². The van der Waals surface area contributed by atoms with E-state index in [9.17, 15) is 0 Å². The van der Waals surface area contributed by atoms with Crippen LogP contribution in [0.5, 0.6) is 0 Å². The molecule has 0 atom stereocenters. The largest absolute Gasteiger partial charge is 0.276 e. The molecule has 0 aliphatic heterocycles. The molecule has 4 aromatic heterocycles. The number of hydrogen-bond donors (Lipinski definition) is 0. The molecule has 0 radical (unpaired) electrons. The van der Waals surface area contributed by atoms with Crippen LogP contribution in [0.3, 0.4) is 0 Å². The van der Waals surface area contributed by atoms with Crippen LogP contribution in [-0.2, 0) is 0 Å². The van der Waals surface area contributed by atoms with E-state index in [2.05, 4.69) is 180 Å². The molecule has 14 rings (SSSR count). The zero-order valence-electron chi connectivity index (χ0n) is 31.4. The number of nitrogens with zero attached hydrogens (tertiary/aromatic N) is 3. The molecule has 3 nitrogen and oxygen atoms in total. The Labute approximate surface area is 344 Å². The number of aromatic nitrogens is 3. The molecule has 0 aliphatic carbocycles. The third-order valence-corrected chi connectivity index (χ3v) is 14.9. The summed E-state index contributed by atoms with van der Waals surface area (Å²) in [6.07, 6.45) is 0. The maximum Gasteiger partial charge on any atom is 0.235 e. The van der Waals surface area contributed by atoms with Crippen LogP contribution in [-0.4, -0.2) is 14.5 Å². The second-order valence-electron chi connectivity index (χ2n) is 15.6. The molecule has 272 valence electrons. The Hall–Kier alpha value is -7.18. The first-order chi connectivity index (χ1) is 29.3. The fraction of sp³-hybridized carbons (Fsp3) is 0. The predicted octanol–water partition coefficient (Wildman–Crippen LogP) is 15.7. The monoisotopic (exact) mass is 783 g/mol. The van der Waals surface area contributed by atoms with Gasteiger partial charge in [0.15, 0.2) is 0 Å². The molecule has 0 amide bonds. The zero-order chi connectivity index (χ0) is 38.3. The predicted molar refractivity (Wildman–Crippen MR) is 255 cm³/mol. The topological polar surface area (TPSA) is 30.7 Å². The molecule has 4 heterocycles. The Morgan fingerprint density at radius 2 is 0.932 bits per heavy atom. The molecule has 0 spiro atoms. The maximum atomic E-state index is 5.81. The minimum Gasteiger partial charge on any atom is -0.276 e. The Bertz CT molecular complexity index is 4150. The lowest BCUT2D eigenvalue weighted by Crippen LogP contribution is -2.04. The molecular formula is C54H29N3S2. The molecule has 0 bridgehead atoms. The van der Waals surface area contributed by atoms with E-state index in [4.69, 9.17) is 9.97 Å². The van der Waals surface area contributed by atoms with Gasteiger partial charge in [-0.15, -0.1) is 22.7 Å². The van der Waals surface area contributed by atoms with Crippen molar-refractivity contribution in [2.24, 2.45) is 0 Å². The van der Waals surface area contributed by atoms with Crippen LogP contribution in [0.4, 0.5) is 0 Å². The van der Waals surface area contributed by atoms with Crippen molar-refractivity contribution in [3.05, 3.63) is 176 Å². The number of rotatable bonds is 2. The van der Waals surface area contributed by atoms with Crippen LogP contribution in [0, 0.1) is 0 Å². The van der Waals surface area contributed by atoms with Gasteiger partial charge in [-0.3, -0.25) is 4.57 Å². The molecule has 0 N–H and O–H groups in total. The van der Waals surface area contributed by atoms with E-state index in [1.807, 2.05) is 22.7 Å². The zero-order valence-corrected chi connectivity index (χ0v) is 33.0. The molecule has 0 fully saturated rings. The lowest BCUT2D eigenvalue weighted by atomic mass is 9.98. The summed E-state index contributed by atoms with van der Waals surface area (Å²) in [5.74, 6) is 0.679. The Morgan fingerprint density at radius 1 is 0.339 bits per heavy atom. The fourth-order valence-corrected chi connectivity index (χ4v) is 12.5. The van der Waals surface area contributed by atoms with Crippen molar-refractivity contribution in [3.8, 4) is 17.2 Å². The van der Waals surface area contributed by atoms with Crippen molar-refractivity contribution in [2.45, 2.75) is 0 Å². The van der Waals surface area contributed by atoms with E-state index in [1.54, 1.807) is 0 Å². The van der Waals surface area contributed by atoms with Gasteiger partial charge in [-0.1, -0.05) is 158 Å². The van der Waals surface area contributed by atoms with Crippen LogP contribution in [0.1, 0.15) is 0 Å². The lowest BCUT2D eigenvalue weighted by Gasteiger charge is -2.15. The summed E-state index contributed by atoms with van der Waals surface area (Å²) in [4.78, 5) is 11.5. The van der Waals surface area contributed by atoms with Gasteiger partial charge in [0.2, 0.25) is 5.95 Å². The Balaban J connectivity index is 1.21. The van der Waals surface area contributed by atoms with E-state index in [0.717, 1.165) is 44.0 Å². The van der Waals surface area contributed by atoms with Crippen molar-refractivity contribution in [1.29, 1.82) is 0 Å². The minimum absolute atomic E-state index is 0.679. The smallest absolute Gasteiger partial charge is 0.235 e. The first-order valence-electron chi connectivity index (χ1n) is 20.0. The van der Waals surface area contributed by atoms with Gasteiger partial charge in [0.1, 0.15) is 0 Å². The van der Waals surface area contributed by atoms with Gasteiger partial charge < -0.3 is 0 Å². The SMILES string of the molecule is c1ccc2c(c1)ccc1c(-c3cccc4c3sc3ccc5ccccc5c34)nc(-n3c4c5ccccc5ccc4c4c5ccccc5c5c6ccccc6sc5c43)nc12. The second kappa shape index (κ2) is 11.7. The molecule has 5 heteroatoms. The molecule has 0 aliphatic rings. The van der Waals surface area contributed by atoms with Crippen molar-refractivity contribution < 1.29 is 0 Å². The molecule has 14 aromatic rings. The van der Waals surface area contributed by atoms with Crippen LogP contribution >= 0.6 is 22.7 Å². The van der Waals surface area contributed by atoms with E-state index < -0.39 is 0 Å². The van der Waals surface area contributed by atoms with Gasteiger partial charge in [-0.2, -0.15) is 0 Å². The average molecular weight is 784 g/mol. The van der Waals surface area contributed by atoms with Crippen LogP contribution in [0.2, 0.25) is 0 Å². The van der Waals surface area contributed by atoms with Crippen molar-refractivity contribution in [1.82, 2.24) is 14.5 Å². The van der Waals surface area contributed by atoms with Crippen molar-refractivity contribution in [2.75, 3.05) is 0 Å². The lowest BCUT2D eigenvalue weighted by molar-refractivity contribution is 1.02. The third-order valence-electron chi connectivity index (χ3n) is 12.6. The third kappa shape index (κ3) is 4.25. The fourth-order valence-electron chi connectivity index (χ4n) is 10.0. The number of hydrogen-bond acceptors (Lipinski definition) is 4. The number of thiophene rings is 2. The average Bonchev–Trinajstić information content (AvgIpc) is 3.99. The summed E-state index contributed by atoms with van der Waals surface area (Å²) in [6.45, 7) is 0. The molecule has 10 aromatic carbocycles. The standard InChI is InChI=1S/C54H29N3S2/c1-4-15-33-30(12-1)26-29-44-45(33)40-21-11-22-42(52(40)59-44)49-41-28-25-31-13-2-5-16-34(31)48(41)55-54(56-49)57-50-35-17-6-3-14-32(35)24-27-39(50)46-36-18-7-8-19-37(36)47-38-20-9-10-23-43(38)58-53(47)51(46)57/h1-29H. The van der Waals surface area contributed by atoms with E-state index >= 15 is 0 Å². The summed E-state index contributed by atoms with van der Waals surface area (Å²) in [6, 6.07) is 64.3. The summed E-state index contributed by atoms with van der Waals surface area (Å²) in [7, 11) is 0. The van der Waals surface area contributed by atoms with Crippen LogP contribution in [0.15, 0.2) is 176 Å². The number of fused-ring (bicyclic) bond motifs is 20. The Morgan fingerprint density at radius 3 is 1.75 bits per heavy atom. The van der Waals surface area contributed by atoms with Gasteiger partial charge in [0.25, 0.3) is 0 Å². The van der Waals surface area contributed by atoms with Crippen molar-refractivity contribution >= 4 is 139 Å². The molecule has 59 heavy (non-hydrogen) atoms. The highest BCUT2D eigenvalue weighted by atomic mass is 32.1. The van der Waals surface area contributed by atoms with Crippen molar-refractivity contribution in [3.63, 3.8) is 0 Å². The highest BCUT2D eigenvalue weighted by Gasteiger charge is 2.26. The van der Waals surface area contributed by atoms with Gasteiger partial charge in [-0.25, -0.2) is 9.97 Å². The molecule has 0 saturated carbocycles. The van der Waals surface area contributed by atoms with Gasteiger partial charge in [-0.05, 0) is 50.5 Å². The van der Waals surface area contributed by atoms with Gasteiger partial charge >= 0.3 is 0 Å². The normalized spacial score (nSPS) is 12.4.